The molecule has 0 aliphatic carbocycles. The van der Waals surface area contributed by atoms with Crippen LogP contribution in [0.3, 0.4) is 0 Å². The van der Waals surface area contributed by atoms with E-state index < -0.39 is 12.0 Å². The lowest BCUT2D eigenvalue weighted by Gasteiger charge is -2.09. The topological polar surface area (TPSA) is 104 Å². The molecule has 0 spiro atoms. The normalized spacial score (nSPS) is 12.2. The highest BCUT2D eigenvalue weighted by atomic mass is 19.4. The zero-order valence-electron chi connectivity index (χ0n) is 13.3. The zero-order chi connectivity index (χ0) is 18.5. The molecule has 0 radical (unpaired) electrons. The SMILES string of the molecule is Cc1cc(NCc2ccc3[nH]c(=O)[nH]c3c2)n2nc(C(F)(F)F)nc2n1. The molecule has 4 aromatic rings. The first-order valence-electron chi connectivity index (χ1n) is 7.56. The van der Waals surface area contributed by atoms with Gasteiger partial charge in [-0.2, -0.15) is 22.7 Å². The van der Waals surface area contributed by atoms with Gasteiger partial charge in [-0.1, -0.05) is 6.07 Å². The third kappa shape index (κ3) is 2.87. The number of H-pyrrole nitrogens is 2. The predicted molar refractivity (Wildman–Crippen MR) is 86.8 cm³/mol. The van der Waals surface area contributed by atoms with E-state index in [1.807, 2.05) is 0 Å². The number of rotatable bonds is 3. The van der Waals surface area contributed by atoms with E-state index >= 15 is 0 Å². The molecule has 8 nitrogen and oxygen atoms in total. The van der Waals surface area contributed by atoms with E-state index in [0.717, 1.165) is 10.1 Å². The predicted octanol–water partition coefficient (Wildman–Crippen LogP) is 2.23. The van der Waals surface area contributed by atoms with E-state index in [4.69, 9.17) is 0 Å². The number of aromatic amines is 2. The molecule has 26 heavy (non-hydrogen) atoms. The van der Waals surface area contributed by atoms with Crippen molar-refractivity contribution < 1.29 is 13.2 Å². The fraction of sp³-hybridized carbons (Fsp3) is 0.200. The van der Waals surface area contributed by atoms with Gasteiger partial charge in [0.05, 0.1) is 11.0 Å². The number of hydrogen-bond acceptors (Lipinski definition) is 5. The minimum Gasteiger partial charge on any atom is -0.366 e. The molecule has 1 aromatic carbocycles. The van der Waals surface area contributed by atoms with Crippen molar-refractivity contribution >= 4 is 22.6 Å². The molecule has 0 unspecified atom stereocenters. The van der Waals surface area contributed by atoms with Crippen LogP contribution in [0.2, 0.25) is 0 Å². The van der Waals surface area contributed by atoms with Gasteiger partial charge in [-0.05, 0) is 24.6 Å². The fourth-order valence-corrected chi connectivity index (χ4v) is 2.62. The van der Waals surface area contributed by atoms with Gasteiger partial charge >= 0.3 is 11.9 Å². The standard InChI is InChI=1S/C15H12F3N7O/c1-7-4-11(25-13(20-7)23-12(24-25)15(16,17)18)19-6-8-2-3-9-10(5-8)22-14(26)21-9/h2-5,19H,6H2,1H3,(H2,21,22,26). The molecule has 3 heterocycles. The zero-order valence-corrected chi connectivity index (χ0v) is 13.3. The monoisotopic (exact) mass is 363 g/mol. The van der Waals surface area contributed by atoms with Gasteiger partial charge in [-0.25, -0.2) is 9.78 Å². The van der Waals surface area contributed by atoms with Gasteiger partial charge in [0.1, 0.15) is 5.82 Å². The molecule has 0 saturated carbocycles. The Hall–Kier alpha value is -3.37. The van der Waals surface area contributed by atoms with Crippen molar-refractivity contribution in [2.75, 3.05) is 5.32 Å². The molecule has 0 atom stereocenters. The molecular weight excluding hydrogens is 351 g/mol. The average molecular weight is 363 g/mol. The number of nitrogens with zero attached hydrogens (tertiary/aromatic N) is 4. The van der Waals surface area contributed by atoms with E-state index in [2.05, 4.69) is 30.4 Å². The number of nitrogens with one attached hydrogen (secondary N) is 3. The lowest BCUT2D eigenvalue weighted by molar-refractivity contribution is -0.144. The number of hydrogen-bond donors (Lipinski definition) is 3. The molecule has 0 aliphatic heterocycles. The van der Waals surface area contributed by atoms with E-state index in [1.165, 1.54) is 0 Å². The summed E-state index contributed by atoms with van der Waals surface area (Å²) >= 11 is 0. The van der Waals surface area contributed by atoms with Crippen LogP contribution in [0.25, 0.3) is 16.8 Å². The van der Waals surface area contributed by atoms with E-state index in [0.29, 0.717) is 29.1 Å². The van der Waals surface area contributed by atoms with Gasteiger partial charge in [-0.15, -0.1) is 5.10 Å². The van der Waals surface area contributed by atoms with Crippen molar-refractivity contribution in [3.8, 4) is 0 Å². The van der Waals surface area contributed by atoms with Gasteiger partial charge in [0.15, 0.2) is 0 Å². The minimum atomic E-state index is -4.65. The summed E-state index contributed by atoms with van der Waals surface area (Å²) in [7, 11) is 0. The number of anilines is 1. The summed E-state index contributed by atoms with van der Waals surface area (Å²) in [6, 6.07) is 6.90. The molecule has 0 amide bonds. The van der Waals surface area contributed by atoms with Crippen molar-refractivity contribution in [2.24, 2.45) is 0 Å². The smallest absolute Gasteiger partial charge is 0.366 e. The summed E-state index contributed by atoms with van der Waals surface area (Å²) in [5.74, 6) is -1.05. The first-order valence-corrected chi connectivity index (χ1v) is 7.56. The van der Waals surface area contributed by atoms with Gasteiger partial charge in [0, 0.05) is 18.3 Å². The third-order valence-electron chi connectivity index (χ3n) is 3.75. The molecule has 3 aromatic heterocycles. The van der Waals surface area contributed by atoms with Gasteiger partial charge in [0.2, 0.25) is 0 Å². The average Bonchev–Trinajstić information content (AvgIpc) is 3.13. The Labute approximate surface area is 143 Å². The maximum absolute atomic E-state index is 12.8. The largest absolute Gasteiger partial charge is 0.453 e. The number of aryl methyl sites for hydroxylation is 1. The summed E-state index contributed by atoms with van der Waals surface area (Å²) in [6.45, 7) is 1.96. The molecule has 11 heteroatoms. The van der Waals surface area contributed by atoms with Crippen molar-refractivity contribution in [1.82, 2.24) is 29.5 Å². The quantitative estimate of drug-likeness (QED) is 0.518. The Kier molecular flexibility index (Phi) is 3.46. The maximum atomic E-state index is 12.8. The van der Waals surface area contributed by atoms with Crippen LogP contribution in [-0.4, -0.2) is 29.5 Å². The minimum absolute atomic E-state index is 0.134. The second-order valence-electron chi connectivity index (χ2n) is 5.74. The molecule has 4 rings (SSSR count). The molecule has 0 saturated heterocycles. The van der Waals surface area contributed by atoms with Crippen LogP contribution in [0.5, 0.6) is 0 Å². The fourth-order valence-electron chi connectivity index (χ4n) is 2.62. The van der Waals surface area contributed by atoms with Gasteiger partial charge in [-0.3, -0.25) is 0 Å². The van der Waals surface area contributed by atoms with Crippen LogP contribution in [0.15, 0.2) is 29.1 Å². The molecule has 0 bridgehead atoms. The summed E-state index contributed by atoms with van der Waals surface area (Å²) < 4.78 is 39.5. The number of halogens is 3. The second kappa shape index (κ2) is 5.58. The van der Waals surface area contributed by atoms with Crippen molar-refractivity contribution in [1.29, 1.82) is 0 Å². The van der Waals surface area contributed by atoms with Crippen LogP contribution in [0.1, 0.15) is 17.1 Å². The molecule has 134 valence electrons. The Morgan fingerprint density at radius 1 is 1.15 bits per heavy atom. The van der Waals surface area contributed by atoms with Crippen molar-refractivity contribution in [2.45, 2.75) is 19.6 Å². The number of aromatic nitrogens is 6. The van der Waals surface area contributed by atoms with Crippen LogP contribution in [0.4, 0.5) is 19.0 Å². The Balaban J connectivity index is 1.67. The first-order chi connectivity index (χ1) is 12.3. The number of imidazole rings is 1. The van der Waals surface area contributed by atoms with Crippen molar-refractivity contribution in [3.05, 3.63) is 51.8 Å². The van der Waals surface area contributed by atoms with Crippen molar-refractivity contribution in [3.63, 3.8) is 0 Å². The first kappa shape index (κ1) is 16.1. The Morgan fingerprint density at radius 2 is 1.92 bits per heavy atom. The summed E-state index contributed by atoms with van der Waals surface area (Å²) in [6.07, 6.45) is -4.65. The highest BCUT2D eigenvalue weighted by Gasteiger charge is 2.36. The van der Waals surface area contributed by atoms with E-state index in [1.54, 1.807) is 31.2 Å². The van der Waals surface area contributed by atoms with Gasteiger partial charge < -0.3 is 15.3 Å². The molecule has 3 N–H and O–H groups in total. The summed E-state index contributed by atoms with van der Waals surface area (Å²) in [4.78, 5) is 24.0. The van der Waals surface area contributed by atoms with Crippen LogP contribution in [0, 0.1) is 6.92 Å². The molecule has 0 fully saturated rings. The van der Waals surface area contributed by atoms with Crippen LogP contribution < -0.4 is 11.0 Å². The lowest BCUT2D eigenvalue weighted by Crippen LogP contribution is -2.09. The Bertz CT molecular complexity index is 1170. The van der Waals surface area contributed by atoms with E-state index in [-0.39, 0.29) is 11.5 Å². The molecular formula is C15H12F3N7O. The highest BCUT2D eigenvalue weighted by Crippen LogP contribution is 2.27. The number of fused-ring (bicyclic) bond motifs is 2. The third-order valence-corrected chi connectivity index (χ3v) is 3.75. The Morgan fingerprint density at radius 3 is 2.69 bits per heavy atom. The summed E-state index contributed by atoms with van der Waals surface area (Å²) in [5, 5.41) is 6.53. The lowest BCUT2D eigenvalue weighted by atomic mass is 10.2. The maximum Gasteiger partial charge on any atom is 0.453 e. The number of alkyl halides is 3. The second-order valence-corrected chi connectivity index (χ2v) is 5.74. The summed E-state index contributed by atoms with van der Waals surface area (Å²) in [5.41, 5.74) is 2.34. The van der Waals surface area contributed by atoms with Crippen LogP contribution in [-0.2, 0) is 12.7 Å². The van der Waals surface area contributed by atoms with E-state index in [9.17, 15) is 18.0 Å². The van der Waals surface area contributed by atoms with Crippen LogP contribution >= 0.6 is 0 Å². The van der Waals surface area contributed by atoms with Gasteiger partial charge in [0.25, 0.3) is 11.6 Å². The molecule has 0 aliphatic rings. The highest BCUT2D eigenvalue weighted by molar-refractivity contribution is 5.75. The number of benzene rings is 1.